The van der Waals surface area contributed by atoms with E-state index in [-0.39, 0.29) is 0 Å². The van der Waals surface area contributed by atoms with Gasteiger partial charge in [0.05, 0.1) is 27.2 Å². The van der Waals surface area contributed by atoms with Crippen LogP contribution in [0.4, 0.5) is 0 Å². The molecular weight excluding hydrogens is 240 g/mol. The average Bonchev–Trinajstić information content (AvgIpc) is 2.16. The molecule has 0 aliphatic rings. The molecule has 0 saturated carbocycles. The number of nitrogens with zero attached hydrogens (tertiary/aromatic N) is 1. The van der Waals surface area contributed by atoms with E-state index in [9.17, 15) is 0 Å². The monoisotopic (exact) mass is 267 g/mol. The maximum atomic E-state index is 5.53. The summed E-state index contributed by atoms with van der Waals surface area (Å²) in [6.07, 6.45) is 5.43. The second-order valence-electron chi connectivity index (χ2n) is 4.23. The summed E-state index contributed by atoms with van der Waals surface area (Å²) < 4.78 is 1.08. The molecule has 0 bridgehead atoms. The van der Waals surface area contributed by atoms with E-state index in [1.165, 1.54) is 32.2 Å². The van der Waals surface area contributed by atoms with Crippen LogP contribution < -0.4 is 5.73 Å². The standard InChI is InChI=1S/C10H25N2.CH3Br/c1-4-5-6-7-9-12(2,3)10-8-11;1-2/h4-11H2,1-3H3;1H3/q+1;. The van der Waals surface area contributed by atoms with Crippen LogP contribution in [-0.4, -0.2) is 44.0 Å². The Kier molecular flexibility index (Phi) is 13.8. The molecule has 3 heteroatoms. The van der Waals surface area contributed by atoms with Crippen LogP contribution in [-0.2, 0) is 0 Å². The van der Waals surface area contributed by atoms with Gasteiger partial charge in [0.25, 0.3) is 0 Å². The molecule has 0 aromatic heterocycles. The Morgan fingerprint density at radius 3 is 2.00 bits per heavy atom. The van der Waals surface area contributed by atoms with Gasteiger partial charge in [-0.25, -0.2) is 0 Å². The van der Waals surface area contributed by atoms with Crippen LogP contribution in [0.2, 0.25) is 0 Å². The van der Waals surface area contributed by atoms with Crippen molar-refractivity contribution in [2.45, 2.75) is 32.6 Å². The second kappa shape index (κ2) is 11.5. The fourth-order valence-corrected chi connectivity index (χ4v) is 1.43. The molecule has 0 amide bonds. The van der Waals surface area contributed by atoms with E-state index in [1.807, 2.05) is 5.83 Å². The highest BCUT2D eigenvalue weighted by atomic mass is 79.9. The first-order chi connectivity index (χ1) is 6.62. The first-order valence-electron chi connectivity index (χ1n) is 5.52. The summed E-state index contributed by atoms with van der Waals surface area (Å²) in [6.45, 7) is 5.43. The van der Waals surface area contributed by atoms with Crippen molar-refractivity contribution in [1.29, 1.82) is 0 Å². The van der Waals surface area contributed by atoms with Gasteiger partial charge in [-0.3, -0.25) is 0 Å². The van der Waals surface area contributed by atoms with Crippen LogP contribution >= 0.6 is 15.9 Å². The maximum absolute atomic E-state index is 5.53. The normalized spacial score (nSPS) is 10.7. The molecule has 14 heavy (non-hydrogen) atoms. The highest BCUT2D eigenvalue weighted by molar-refractivity contribution is 9.08. The largest absolute Gasteiger partial charge is 0.327 e. The van der Waals surface area contributed by atoms with E-state index >= 15 is 0 Å². The van der Waals surface area contributed by atoms with Crippen LogP contribution in [0, 0.1) is 0 Å². The fourth-order valence-electron chi connectivity index (χ4n) is 1.43. The molecule has 0 rings (SSSR count). The van der Waals surface area contributed by atoms with Crippen molar-refractivity contribution >= 4 is 15.9 Å². The molecule has 0 aromatic rings. The molecule has 88 valence electrons. The predicted octanol–water partition coefficient (Wildman–Crippen LogP) is 2.61. The van der Waals surface area contributed by atoms with Gasteiger partial charge in [-0.05, 0) is 18.7 Å². The van der Waals surface area contributed by atoms with Gasteiger partial charge in [0.1, 0.15) is 0 Å². The summed E-state index contributed by atoms with van der Waals surface area (Å²) >= 11 is 2.94. The van der Waals surface area contributed by atoms with Gasteiger partial charge < -0.3 is 10.2 Å². The number of nitrogens with two attached hydrogens (primary N) is 1. The predicted molar refractivity (Wildman–Crippen MR) is 69.9 cm³/mol. The Balaban J connectivity index is 0. The van der Waals surface area contributed by atoms with Crippen molar-refractivity contribution in [3.63, 3.8) is 0 Å². The molecule has 2 N–H and O–H groups in total. The quantitative estimate of drug-likeness (QED) is 0.429. The third-order valence-electron chi connectivity index (χ3n) is 2.35. The molecule has 0 saturated heterocycles. The fraction of sp³-hybridized carbons (Fsp3) is 1.00. The van der Waals surface area contributed by atoms with Crippen molar-refractivity contribution in [3.05, 3.63) is 0 Å². The lowest BCUT2D eigenvalue weighted by atomic mass is 10.2. The minimum absolute atomic E-state index is 0.806. The summed E-state index contributed by atoms with van der Waals surface area (Å²) in [5, 5.41) is 0. The maximum Gasteiger partial charge on any atom is 0.0907 e. The third-order valence-corrected chi connectivity index (χ3v) is 2.35. The van der Waals surface area contributed by atoms with Gasteiger partial charge >= 0.3 is 0 Å². The molecule has 0 aliphatic heterocycles. The zero-order chi connectivity index (χ0) is 11.4. The lowest BCUT2D eigenvalue weighted by Gasteiger charge is -2.29. The van der Waals surface area contributed by atoms with Crippen LogP contribution in [0.15, 0.2) is 0 Å². The van der Waals surface area contributed by atoms with Crippen molar-refractivity contribution < 1.29 is 4.48 Å². The van der Waals surface area contributed by atoms with Gasteiger partial charge in [0.2, 0.25) is 0 Å². The average molecular weight is 268 g/mol. The van der Waals surface area contributed by atoms with Gasteiger partial charge in [-0.15, -0.1) is 0 Å². The number of likely N-dealkylation sites (N-methyl/N-ethyl adjacent to an activating group) is 1. The summed E-state index contributed by atoms with van der Waals surface area (Å²) in [5.74, 6) is 1.81. The molecule has 0 aliphatic carbocycles. The van der Waals surface area contributed by atoms with E-state index in [1.54, 1.807) is 0 Å². The van der Waals surface area contributed by atoms with Crippen LogP contribution in [0.1, 0.15) is 32.6 Å². The van der Waals surface area contributed by atoms with E-state index in [2.05, 4.69) is 36.9 Å². The number of unbranched alkanes of at least 4 members (excludes halogenated alkanes) is 3. The summed E-state index contributed by atoms with van der Waals surface area (Å²) in [5.41, 5.74) is 5.53. The van der Waals surface area contributed by atoms with Crippen molar-refractivity contribution in [1.82, 2.24) is 0 Å². The molecular formula is C11H28BrN2+. The van der Waals surface area contributed by atoms with Crippen molar-refractivity contribution in [2.24, 2.45) is 5.73 Å². The molecule has 0 radical (unpaired) electrons. The zero-order valence-corrected chi connectivity index (χ0v) is 11.9. The SMILES string of the molecule is CBr.CCCCCC[N+](C)(C)CCN. The Morgan fingerprint density at radius 1 is 1.00 bits per heavy atom. The van der Waals surface area contributed by atoms with Gasteiger partial charge in [0.15, 0.2) is 0 Å². The topological polar surface area (TPSA) is 26.0 Å². The van der Waals surface area contributed by atoms with E-state index in [4.69, 9.17) is 5.73 Å². The number of alkyl halides is 1. The number of halogens is 1. The molecule has 2 nitrogen and oxygen atoms in total. The number of quaternary nitrogens is 1. The third kappa shape index (κ3) is 12.4. The molecule has 0 unspecified atom stereocenters. The Hall–Kier alpha value is 0.400. The van der Waals surface area contributed by atoms with E-state index < -0.39 is 0 Å². The van der Waals surface area contributed by atoms with E-state index in [0.717, 1.165) is 17.6 Å². The van der Waals surface area contributed by atoms with Gasteiger partial charge in [-0.2, -0.15) is 0 Å². The Labute approximate surface area is 98.6 Å². The highest BCUT2D eigenvalue weighted by Gasteiger charge is 2.11. The number of hydrogen-bond donors (Lipinski definition) is 1. The van der Waals surface area contributed by atoms with Crippen molar-refractivity contribution in [2.75, 3.05) is 39.6 Å². The van der Waals surface area contributed by atoms with Crippen LogP contribution in [0.25, 0.3) is 0 Å². The zero-order valence-electron chi connectivity index (χ0n) is 10.4. The Morgan fingerprint density at radius 2 is 1.57 bits per heavy atom. The molecule has 0 atom stereocenters. The lowest BCUT2D eigenvalue weighted by Crippen LogP contribution is -2.44. The molecule has 0 aromatic carbocycles. The second-order valence-corrected chi connectivity index (χ2v) is 4.23. The van der Waals surface area contributed by atoms with Gasteiger partial charge in [-0.1, -0.05) is 35.7 Å². The summed E-state index contributed by atoms with van der Waals surface area (Å²) in [6, 6.07) is 0. The minimum Gasteiger partial charge on any atom is -0.327 e. The summed E-state index contributed by atoms with van der Waals surface area (Å²) in [7, 11) is 4.53. The summed E-state index contributed by atoms with van der Waals surface area (Å²) in [4.78, 5) is 0. The number of hydrogen-bond acceptors (Lipinski definition) is 1. The lowest BCUT2D eigenvalue weighted by molar-refractivity contribution is -0.889. The molecule has 0 fully saturated rings. The van der Waals surface area contributed by atoms with Crippen LogP contribution in [0.5, 0.6) is 0 Å². The first kappa shape index (κ1) is 16.8. The van der Waals surface area contributed by atoms with Crippen LogP contribution in [0.3, 0.4) is 0 Å². The molecule has 0 spiro atoms. The first-order valence-corrected chi connectivity index (χ1v) is 7.11. The minimum atomic E-state index is 0.806. The van der Waals surface area contributed by atoms with Gasteiger partial charge in [0, 0.05) is 6.54 Å². The number of rotatable bonds is 7. The van der Waals surface area contributed by atoms with E-state index in [0.29, 0.717) is 0 Å². The smallest absolute Gasteiger partial charge is 0.0907 e. The molecule has 0 heterocycles. The Bertz CT molecular complexity index is 105. The highest BCUT2D eigenvalue weighted by Crippen LogP contribution is 2.04. The van der Waals surface area contributed by atoms with Crippen molar-refractivity contribution in [3.8, 4) is 0 Å².